The van der Waals surface area contributed by atoms with E-state index in [1.807, 2.05) is 25.5 Å². The van der Waals surface area contributed by atoms with Gasteiger partial charge in [0.05, 0.1) is 17.1 Å². The number of amides is 2. The number of rotatable bonds is 3. The zero-order chi connectivity index (χ0) is 18.1. The van der Waals surface area contributed by atoms with Crippen LogP contribution in [0.5, 0.6) is 0 Å². The summed E-state index contributed by atoms with van der Waals surface area (Å²) in [6.45, 7) is 13.1. The zero-order valence-corrected chi connectivity index (χ0v) is 15.7. The number of nitrogens with zero attached hydrogens (tertiary/aromatic N) is 2. The minimum absolute atomic E-state index is 0.0665. The Bertz CT molecular complexity index is 633. The van der Waals surface area contributed by atoms with Gasteiger partial charge < -0.3 is 10.6 Å². The predicted octanol–water partition coefficient (Wildman–Crippen LogP) is 2.79. The molecule has 0 aromatic carbocycles. The molecule has 1 fully saturated rings. The third-order valence-electron chi connectivity index (χ3n) is 5.14. The largest absolute Gasteiger partial charge is 0.345 e. The molecule has 1 aliphatic rings. The predicted molar refractivity (Wildman–Crippen MR) is 94.7 cm³/mol. The minimum atomic E-state index is -0.617. The van der Waals surface area contributed by atoms with Crippen LogP contribution in [0.25, 0.3) is 0 Å². The molecule has 2 N–H and O–H groups in total. The van der Waals surface area contributed by atoms with Crippen molar-refractivity contribution < 1.29 is 9.59 Å². The number of carbonyl (C=O) groups excluding carboxylic acids is 2. The third-order valence-corrected chi connectivity index (χ3v) is 5.14. The molecule has 0 spiro atoms. The highest BCUT2D eigenvalue weighted by Crippen LogP contribution is 2.38. The summed E-state index contributed by atoms with van der Waals surface area (Å²) >= 11 is 0. The van der Waals surface area contributed by atoms with E-state index in [2.05, 4.69) is 36.5 Å². The first-order valence-electron chi connectivity index (χ1n) is 8.80. The second kappa shape index (κ2) is 6.95. The highest BCUT2D eigenvalue weighted by atomic mass is 16.2. The number of aryl methyl sites for hydroxylation is 2. The van der Waals surface area contributed by atoms with Gasteiger partial charge >= 0.3 is 11.8 Å². The maximum Gasteiger partial charge on any atom is 0.313 e. The first-order valence-corrected chi connectivity index (χ1v) is 8.80. The maximum atomic E-state index is 12.3. The summed E-state index contributed by atoms with van der Waals surface area (Å²) in [6, 6.07) is 0.0665. The van der Waals surface area contributed by atoms with Gasteiger partial charge in [-0.1, -0.05) is 20.8 Å². The van der Waals surface area contributed by atoms with E-state index in [-0.39, 0.29) is 6.04 Å². The van der Waals surface area contributed by atoms with Crippen LogP contribution in [0, 0.1) is 25.2 Å². The van der Waals surface area contributed by atoms with Crippen molar-refractivity contribution in [3.63, 3.8) is 0 Å². The van der Waals surface area contributed by atoms with Crippen LogP contribution >= 0.6 is 0 Å². The van der Waals surface area contributed by atoms with Crippen molar-refractivity contribution in [2.45, 2.75) is 73.4 Å². The number of hydrogen-bond acceptors (Lipinski definition) is 3. The van der Waals surface area contributed by atoms with E-state index in [1.54, 1.807) is 0 Å². The molecule has 6 heteroatoms. The molecule has 6 nitrogen and oxygen atoms in total. The van der Waals surface area contributed by atoms with Crippen molar-refractivity contribution in [1.82, 2.24) is 15.1 Å². The summed E-state index contributed by atoms with van der Waals surface area (Å²) < 4.78 is 1.81. The first-order chi connectivity index (χ1) is 11.1. The molecular formula is C18H30N4O2. The molecular weight excluding hydrogens is 304 g/mol. The fourth-order valence-electron chi connectivity index (χ4n) is 3.75. The van der Waals surface area contributed by atoms with Crippen molar-refractivity contribution in [2.75, 3.05) is 5.32 Å². The van der Waals surface area contributed by atoms with Crippen molar-refractivity contribution in [3.8, 4) is 0 Å². The number of hydrogen-bond donors (Lipinski definition) is 2. The lowest BCUT2D eigenvalue weighted by atomic mass is 9.70. The van der Waals surface area contributed by atoms with Gasteiger partial charge in [-0.05, 0) is 51.4 Å². The van der Waals surface area contributed by atoms with Gasteiger partial charge in [0.15, 0.2) is 0 Å². The molecule has 134 valence electrons. The molecule has 0 bridgehead atoms. The van der Waals surface area contributed by atoms with E-state index < -0.39 is 11.8 Å². The van der Waals surface area contributed by atoms with Crippen molar-refractivity contribution in [3.05, 3.63) is 11.4 Å². The molecule has 2 amide bonds. The van der Waals surface area contributed by atoms with E-state index in [9.17, 15) is 9.59 Å². The molecule has 0 unspecified atom stereocenters. The second-order valence-electron chi connectivity index (χ2n) is 7.78. The summed E-state index contributed by atoms with van der Waals surface area (Å²) in [7, 11) is 0. The fraction of sp³-hybridized carbons (Fsp3) is 0.722. The van der Waals surface area contributed by atoms with E-state index in [4.69, 9.17) is 0 Å². The van der Waals surface area contributed by atoms with Gasteiger partial charge in [0.2, 0.25) is 0 Å². The van der Waals surface area contributed by atoms with Crippen molar-refractivity contribution >= 4 is 17.5 Å². The molecule has 1 aromatic heterocycles. The Hall–Kier alpha value is -1.85. The van der Waals surface area contributed by atoms with Crippen molar-refractivity contribution in [1.29, 1.82) is 0 Å². The van der Waals surface area contributed by atoms with E-state index in [0.29, 0.717) is 17.0 Å². The highest BCUT2D eigenvalue weighted by molar-refractivity contribution is 6.39. The fourth-order valence-corrected chi connectivity index (χ4v) is 3.75. The zero-order valence-electron chi connectivity index (χ0n) is 15.7. The lowest BCUT2D eigenvalue weighted by Gasteiger charge is -2.39. The Labute approximate surface area is 144 Å². The summed E-state index contributed by atoms with van der Waals surface area (Å²) in [6.07, 6.45) is 3.03. The minimum Gasteiger partial charge on any atom is -0.345 e. The molecule has 1 aliphatic carbocycles. The van der Waals surface area contributed by atoms with Gasteiger partial charge in [-0.15, -0.1) is 0 Å². The van der Waals surface area contributed by atoms with Crippen LogP contribution in [0.15, 0.2) is 0 Å². The Kier molecular flexibility index (Phi) is 5.35. The Morgan fingerprint density at radius 3 is 2.50 bits per heavy atom. The normalized spacial score (nSPS) is 22.9. The number of aromatic nitrogens is 2. The molecule has 24 heavy (non-hydrogen) atoms. The number of carbonyl (C=O) groups is 2. The Balaban J connectivity index is 1.98. The van der Waals surface area contributed by atoms with Crippen LogP contribution in [0.3, 0.4) is 0 Å². The van der Waals surface area contributed by atoms with Gasteiger partial charge in [-0.3, -0.25) is 14.3 Å². The average Bonchev–Trinajstić information content (AvgIpc) is 2.76. The van der Waals surface area contributed by atoms with Gasteiger partial charge in [0.1, 0.15) is 0 Å². The summed E-state index contributed by atoms with van der Waals surface area (Å²) in [4.78, 5) is 24.5. The maximum absolute atomic E-state index is 12.3. The van der Waals surface area contributed by atoms with Gasteiger partial charge in [0.25, 0.3) is 0 Å². The molecule has 1 aromatic rings. The van der Waals surface area contributed by atoms with Gasteiger partial charge in [-0.25, -0.2) is 0 Å². The molecule has 0 saturated heterocycles. The van der Waals surface area contributed by atoms with Crippen LogP contribution in [-0.4, -0.2) is 27.6 Å². The standard InChI is InChI=1S/C18H30N4O2/c1-7-22-13(4)15(12(3)21-22)20-17(24)16(23)19-14-8-9-18(5,6)10-11(14)2/h11,14H,7-10H2,1-6H3,(H,19,23)(H,20,24)/t11-,14+/m0/s1. The Morgan fingerprint density at radius 2 is 1.96 bits per heavy atom. The second-order valence-corrected chi connectivity index (χ2v) is 7.78. The molecule has 0 radical (unpaired) electrons. The lowest BCUT2D eigenvalue weighted by molar-refractivity contribution is -0.137. The summed E-state index contributed by atoms with van der Waals surface area (Å²) in [5.41, 5.74) is 2.54. The molecule has 0 aliphatic heterocycles. The number of nitrogens with one attached hydrogen (secondary N) is 2. The SMILES string of the molecule is CCn1nc(C)c(NC(=O)C(=O)N[C@@H]2CCC(C)(C)C[C@@H]2C)c1C. The van der Waals surface area contributed by atoms with E-state index in [1.165, 1.54) is 0 Å². The molecule has 1 saturated carbocycles. The third kappa shape index (κ3) is 3.97. The average molecular weight is 334 g/mol. The summed E-state index contributed by atoms with van der Waals surface area (Å²) in [5.74, 6) is -0.805. The summed E-state index contributed by atoms with van der Waals surface area (Å²) in [5, 5.41) is 9.98. The van der Waals surface area contributed by atoms with Gasteiger partial charge in [0, 0.05) is 12.6 Å². The Morgan fingerprint density at radius 1 is 1.29 bits per heavy atom. The quantitative estimate of drug-likeness (QED) is 0.835. The van der Waals surface area contributed by atoms with Gasteiger partial charge in [-0.2, -0.15) is 5.10 Å². The molecule has 1 heterocycles. The van der Waals surface area contributed by atoms with Crippen LogP contribution in [-0.2, 0) is 16.1 Å². The van der Waals surface area contributed by atoms with E-state index in [0.717, 1.165) is 37.2 Å². The van der Waals surface area contributed by atoms with E-state index >= 15 is 0 Å². The highest BCUT2D eigenvalue weighted by Gasteiger charge is 2.34. The lowest BCUT2D eigenvalue weighted by Crippen LogP contribution is -2.48. The first kappa shape index (κ1) is 18.5. The van der Waals surface area contributed by atoms with Crippen molar-refractivity contribution in [2.24, 2.45) is 11.3 Å². The van der Waals surface area contributed by atoms with Crippen LogP contribution in [0.1, 0.15) is 58.3 Å². The topological polar surface area (TPSA) is 76.0 Å². The monoisotopic (exact) mass is 334 g/mol. The van der Waals surface area contributed by atoms with Crippen LogP contribution in [0.4, 0.5) is 5.69 Å². The number of anilines is 1. The molecule has 2 rings (SSSR count). The van der Waals surface area contributed by atoms with Crippen LogP contribution in [0.2, 0.25) is 0 Å². The van der Waals surface area contributed by atoms with Crippen LogP contribution < -0.4 is 10.6 Å². The smallest absolute Gasteiger partial charge is 0.313 e. The molecule has 2 atom stereocenters.